The topological polar surface area (TPSA) is 44.8 Å². The lowest BCUT2D eigenvalue weighted by Gasteiger charge is -2.30. The van der Waals surface area contributed by atoms with Crippen LogP contribution in [-0.4, -0.2) is 12.6 Å². The van der Waals surface area contributed by atoms with E-state index in [4.69, 9.17) is 14.5 Å². The van der Waals surface area contributed by atoms with E-state index in [2.05, 4.69) is 150 Å². The summed E-state index contributed by atoms with van der Waals surface area (Å²) in [5.41, 5.74) is 13.2. The summed E-state index contributed by atoms with van der Waals surface area (Å²) in [5, 5.41) is 0. The summed E-state index contributed by atoms with van der Waals surface area (Å²) in [6.45, 7) is 14.0. The van der Waals surface area contributed by atoms with Crippen molar-refractivity contribution < 1.29 is 19.3 Å². The van der Waals surface area contributed by atoms with Gasteiger partial charge in [-0.1, -0.05) is 151 Å². The second kappa shape index (κ2) is 20.8. The summed E-state index contributed by atoms with van der Waals surface area (Å²) < 4.78 is 5.99. The van der Waals surface area contributed by atoms with E-state index in [1.807, 2.05) is 60.7 Å². The van der Waals surface area contributed by atoms with Gasteiger partial charge in [0, 0.05) is 33.7 Å². The number of carbonyl (C=O) groups excluding carboxylic acids is 1. The fourth-order valence-corrected chi connectivity index (χ4v) is 9.98. The Morgan fingerprint density at radius 1 is 0.537 bits per heavy atom. The molecule has 0 aliphatic heterocycles. The number of benzene rings is 6. The molecule has 0 heterocycles. The van der Waals surface area contributed by atoms with E-state index < -0.39 is 5.97 Å². The molecule has 67 heavy (non-hydrogen) atoms. The van der Waals surface area contributed by atoms with Gasteiger partial charge in [0.1, 0.15) is 12.4 Å². The van der Waals surface area contributed by atoms with Crippen molar-refractivity contribution >= 4 is 18.1 Å². The molecule has 1 atom stereocenters. The largest absolute Gasteiger partial charge is 0.423 e. The van der Waals surface area contributed by atoms with Gasteiger partial charge in [-0.2, -0.15) is 4.89 Å². The van der Waals surface area contributed by atoms with Crippen molar-refractivity contribution in [3.8, 4) is 35.2 Å². The lowest BCUT2D eigenvalue weighted by molar-refractivity contribution is -0.195. The first-order valence-electron chi connectivity index (χ1n) is 24.0. The molecular weight excluding hydrogens is 821 g/mol. The molecule has 0 N–H and O–H groups in total. The molecule has 0 aromatic heterocycles. The van der Waals surface area contributed by atoms with Crippen LogP contribution in [0.3, 0.4) is 0 Å². The van der Waals surface area contributed by atoms with Crippen molar-refractivity contribution in [3.05, 3.63) is 212 Å². The highest BCUT2D eigenvalue weighted by molar-refractivity contribution is 5.88. The van der Waals surface area contributed by atoms with Gasteiger partial charge in [-0.25, -0.2) is 4.79 Å². The number of ether oxygens (including phenoxy) is 1. The van der Waals surface area contributed by atoms with Crippen LogP contribution in [-0.2, 0) is 38.8 Å². The Kier molecular flexibility index (Phi) is 14.5. The summed E-state index contributed by atoms with van der Waals surface area (Å²) in [6.07, 6.45) is 16.1. The first-order valence-corrected chi connectivity index (χ1v) is 24.0. The maximum Gasteiger partial charge on any atom is 0.336 e. The molecule has 1 spiro atoms. The standard InChI is InChI=1S/C63H62O4/c1-7-9-12-46-15-21-49(22-16-46)27-28-51-25-19-48(20-26-51)14-11-41-65-67-55-37-39-57-59(43-55)63(45-62(57,5)6)44-61(3,4)56-38-36-54(42-58(56)63)66-60(64)40-35-53-33-31-52(32-34-53)30-29-50-23-17-47(18-24-50)13-10-8-2/h11,14-26,31-40,42-43H,7-10,12-13,41,44-45H2,1-6H3/b14-11+,40-35+. The van der Waals surface area contributed by atoms with Gasteiger partial charge < -0.3 is 9.62 Å². The predicted octanol–water partition coefficient (Wildman–Crippen LogP) is 14.5. The maximum absolute atomic E-state index is 13.2. The predicted molar refractivity (Wildman–Crippen MR) is 274 cm³/mol. The molecule has 0 saturated heterocycles. The van der Waals surface area contributed by atoms with E-state index in [0.717, 1.165) is 59.1 Å². The number of rotatable bonds is 14. The SMILES string of the molecule is CCCCc1ccc(C#Cc2ccc(/C=C/COOc3ccc4c(c3)C3(CC4(C)C)CC(C)(C)c4ccc(OC(=O)/C=C/c5ccc(C#Cc6ccc(CCCC)cc6)cc5)cc43)cc2)cc1. The van der Waals surface area contributed by atoms with E-state index in [1.54, 1.807) is 6.08 Å². The minimum absolute atomic E-state index is 0.0775. The van der Waals surface area contributed by atoms with E-state index >= 15 is 0 Å². The zero-order valence-electron chi connectivity index (χ0n) is 40.0. The molecule has 4 nitrogen and oxygen atoms in total. The van der Waals surface area contributed by atoms with Crippen LogP contribution in [0.15, 0.2) is 146 Å². The Hall–Kier alpha value is -6.85. The van der Waals surface area contributed by atoms with Crippen LogP contribution in [0.4, 0.5) is 0 Å². The molecule has 2 aliphatic rings. The van der Waals surface area contributed by atoms with Crippen LogP contribution >= 0.6 is 0 Å². The smallest absolute Gasteiger partial charge is 0.336 e. The molecule has 8 rings (SSSR count). The Labute approximate surface area is 399 Å². The maximum atomic E-state index is 13.2. The van der Waals surface area contributed by atoms with Crippen molar-refractivity contribution in [1.29, 1.82) is 0 Å². The van der Waals surface area contributed by atoms with Gasteiger partial charge >= 0.3 is 5.97 Å². The molecule has 0 bridgehead atoms. The molecule has 4 heteroatoms. The Morgan fingerprint density at radius 2 is 0.970 bits per heavy atom. The number of aryl methyl sites for hydroxylation is 2. The van der Waals surface area contributed by atoms with Crippen molar-refractivity contribution in [2.45, 2.75) is 109 Å². The molecule has 0 amide bonds. The summed E-state index contributed by atoms with van der Waals surface area (Å²) in [4.78, 5) is 24.9. The van der Waals surface area contributed by atoms with Gasteiger partial charge in [-0.15, -0.1) is 0 Å². The van der Waals surface area contributed by atoms with Crippen LogP contribution in [0.1, 0.15) is 147 Å². The van der Waals surface area contributed by atoms with Crippen LogP contribution in [0.25, 0.3) is 12.2 Å². The minimum Gasteiger partial charge on any atom is -0.423 e. The average Bonchev–Trinajstić information content (AvgIpc) is 3.70. The molecule has 0 fully saturated rings. The number of unbranched alkanes of at least 4 members (excludes halogenated alkanes) is 2. The first kappa shape index (κ1) is 46.7. The van der Waals surface area contributed by atoms with Crippen molar-refractivity contribution in [2.75, 3.05) is 6.61 Å². The van der Waals surface area contributed by atoms with Crippen molar-refractivity contribution in [3.63, 3.8) is 0 Å². The van der Waals surface area contributed by atoms with E-state index in [0.29, 0.717) is 11.5 Å². The monoisotopic (exact) mass is 882 g/mol. The number of carbonyl (C=O) groups is 1. The number of fused-ring (bicyclic) bond motifs is 4. The highest BCUT2D eigenvalue weighted by Crippen LogP contribution is 2.63. The second-order valence-corrected chi connectivity index (χ2v) is 19.5. The van der Waals surface area contributed by atoms with Gasteiger partial charge in [0.15, 0.2) is 5.75 Å². The number of hydrogen-bond acceptors (Lipinski definition) is 4. The molecule has 2 aliphatic carbocycles. The Balaban J connectivity index is 0.889. The third kappa shape index (κ3) is 11.4. The van der Waals surface area contributed by atoms with Crippen molar-refractivity contribution in [1.82, 2.24) is 0 Å². The van der Waals surface area contributed by atoms with E-state index in [9.17, 15) is 4.79 Å². The number of hydrogen-bond donors (Lipinski definition) is 0. The molecule has 6 aromatic carbocycles. The van der Waals surface area contributed by atoms with Crippen LogP contribution in [0.2, 0.25) is 0 Å². The molecule has 1 unspecified atom stereocenters. The lowest BCUT2D eigenvalue weighted by Crippen LogP contribution is -2.27. The molecule has 0 saturated carbocycles. The second-order valence-electron chi connectivity index (χ2n) is 19.5. The van der Waals surface area contributed by atoms with Gasteiger partial charge in [0.2, 0.25) is 0 Å². The summed E-state index contributed by atoms with van der Waals surface area (Å²) in [5.74, 6) is 13.9. The first-order chi connectivity index (χ1) is 32.4. The van der Waals surface area contributed by atoms with Crippen molar-refractivity contribution in [2.24, 2.45) is 0 Å². The van der Waals surface area contributed by atoms with Crippen LogP contribution < -0.4 is 9.62 Å². The quantitative estimate of drug-likeness (QED) is 0.0208. The minimum atomic E-state index is -0.423. The van der Waals surface area contributed by atoms with Gasteiger partial charge in [0.05, 0.1) is 0 Å². The summed E-state index contributed by atoms with van der Waals surface area (Å²) >= 11 is 0. The molecular formula is C63H62O4. The molecule has 6 aromatic rings. The highest BCUT2D eigenvalue weighted by atomic mass is 17.2. The van der Waals surface area contributed by atoms with Gasteiger partial charge in [0.25, 0.3) is 0 Å². The molecule has 338 valence electrons. The van der Waals surface area contributed by atoms with Gasteiger partial charge in [-0.05, 0) is 173 Å². The zero-order chi connectivity index (χ0) is 46.9. The fourth-order valence-electron chi connectivity index (χ4n) is 9.98. The Morgan fingerprint density at radius 3 is 1.45 bits per heavy atom. The zero-order valence-corrected chi connectivity index (χ0v) is 40.0. The molecule has 0 radical (unpaired) electrons. The Bertz CT molecular complexity index is 2870. The summed E-state index contributed by atoms with van der Waals surface area (Å²) in [6, 6.07) is 45.7. The lowest BCUT2D eigenvalue weighted by atomic mass is 9.72. The normalized spacial score (nSPS) is 16.3. The third-order valence-electron chi connectivity index (χ3n) is 13.3. The number of esters is 1. The van der Waals surface area contributed by atoms with Gasteiger partial charge in [-0.3, -0.25) is 0 Å². The third-order valence-corrected chi connectivity index (χ3v) is 13.3. The summed E-state index contributed by atoms with van der Waals surface area (Å²) in [7, 11) is 0. The fraction of sp³-hybridized carbons (Fsp3) is 0.286. The van der Waals surface area contributed by atoms with Crippen LogP contribution in [0.5, 0.6) is 11.5 Å². The van der Waals surface area contributed by atoms with Crippen LogP contribution in [0, 0.1) is 23.7 Å². The highest BCUT2D eigenvalue weighted by Gasteiger charge is 2.56. The van der Waals surface area contributed by atoms with E-state index in [1.165, 1.54) is 65.1 Å². The average molecular weight is 883 g/mol. The van der Waals surface area contributed by atoms with E-state index in [-0.39, 0.29) is 22.9 Å².